The van der Waals surface area contributed by atoms with Crippen LogP contribution in [0.5, 0.6) is 5.75 Å². The maximum Gasteiger partial charge on any atom is 0.387 e. The maximum atomic E-state index is 12.2. The topological polar surface area (TPSA) is 26.3 Å². The van der Waals surface area contributed by atoms with Crippen molar-refractivity contribution in [2.45, 2.75) is 33.8 Å². The number of hydrogen-bond acceptors (Lipinski definition) is 2. The van der Waals surface area contributed by atoms with Crippen molar-refractivity contribution in [1.29, 1.82) is 0 Å². The second kappa shape index (κ2) is 5.05. The lowest BCUT2D eigenvalue weighted by Gasteiger charge is -2.14. The largest absolute Gasteiger partial charge is 0.434 e. The van der Waals surface area contributed by atoms with Gasteiger partial charge in [-0.05, 0) is 25.8 Å². The molecule has 0 fully saturated rings. The van der Waals surface area contributed by atoms with Crippen LogP contribution in [0, 0.1) is 6.92 Å². The first kappa shape index (κ1) is 12.6. The van der Waals surface area contributed by atoms with Gasteiger partial charge in [0.1, 0.15) is 5.75 Å². The lowest BCUT2D eigenvalue weighted by molar-refractivity contribution is -0.0509. The van der Waals surface area contributed by atoms with E-state index in [4.69, 9.17) is 0 Å². The second-order valence-corrected chi connectivity index (χ2v) is 3.51. The number of carbonyl (C=O) groups excluding carboxylic acids is 1. The highest BCUT2D eigenvalue weighted by Crippen LogP contribution is 2.29. The molecule has 0 aromatic heterocycles. The highest BCUT2D eigenvalue weighted by molar-refractivity contribution is 5.96. The summed E-state index contributed by atoms with van der Waals surface area (Å²) < 4.78 is 29.0. The number of hydrogen-bond donors (Lipinski definition) is 0. The SMILES string of the molecule is CCc1ccc(C(C)=O)c(C)c1OC(F)F. The summed E-state index contributed by atoms with van der Waals surface area (Å²) in [6.45, 7) is 2.00. The van der Waals surface area contributed by atoms with Crippen LogP contribution in [0.3, 0.4) is 0 Å². The summed E-state index contributed by atoms with van der Waals surface area (Å²) in [4.78, 5) is 11.3. The van der Waals surface area contributed by atoms with Crippen molar-refractivity contribution in [3.05, 3.63) is 28.8 Å². The first-order chi connectivity index (χ1) is 7.47. The quantitative estimate of drug-likeness (QED) is 0.738. The van der Waals surface area contributed by atoms with Crippen molar-refractivity contribution >= 4 is 5.78 Å². The van der Waals surface area contributed by atoms with Gasteiger partial charge >= 0.3 is 6.61 Å². The molecule has 0 unspecified atom stereocenters. The predicted molar refractivity (Wildman–Crippen MR) is 57.2 cm³/mol. The predicted octanol–water partition coefficient (Wildman–Crippen LogP) is 3.36. The van der Waals surface area contributed by atoms with Crippen LogP contribution < -0.4 is 4.74 Å². The molecule has 4 heteroatoms. The van der Waals surface area contributed by atoms with Crippen LogP contribution in [0.25, 0.3) is 0 Å². The lowest BCUT2D eigenvalue weighted by Crippen LogP contribution is -2.08. The third kappa shape index (κ3) is 2.56. The van der Waals surface area contributed by atoms with E-state index in [1.165, 1.54) is 6.92 Å². The summed E-state index contributed by atoms with van der Waals surface area (Å²) in [5, 5.41) is 0. The van der Waals surface area contributed by atoms with Crippen molar-refractivity contribution in [2.75, 3.05) is 0 Å². The Labute approximate surface area is 93.2 Å². The van der Waals surface area contributed by atoms with Gasteiger partial charge in [-0.2, -0.15) is 8.78 Å². The minimum Gasteiger partial charge on any atom is -0.434 e. The van der Waals surface area contributed by atoms with E-state index < -0.39 is 6.61 Å². The highest BCUT2D eigenvalue weighted by atomic mass is 19.3. The summed E-state index contributed by atoms with van der Waals surface area (Å²) in [6, 6.07) is 3.30. The first-order valence-electron chi connectivity index (χ1n) is 5.05. The number of carbonyl (C=O) groups is 1. The number of rotatable bonds is 4. The average Bonchev–Trinajstić information content (AvgIpc) is 2.19. The molecule has 0 N–H and O–H groups in total. The molecule has 0 heterocycles. The fraction of sp³-hybridized carbons (Fsp3) is 0.417. The molecule has 0 amide bonds. The number of benzene rings is 1. The Morgan fingerprint density at radius 3 is 2.50 bits per heavy atom. The smallest absolute Gasteiger partial charge is 0.387 e. The third-order valence-electron chi connectivity index (χ3n) is 2.45. The van der Waals surface area contributed by atoms with E-state index in [1.54, 1.807) is 19.1 Å². The van der Waals surface area contributed by atoms with Gasteiger partial charge in [0.2, 0.25) is 0 Å². The third-order valence-corrected chi connectivity index (χ3v) is 2.45. The molecule has 0 atom stereocenters. The lowest BCUT2D eigenvalue weighted by atomic mass is 9.99. The van der Waals surface area contributed by atoms with Crippen molar-refractivity contribution < 1.29 is 18.3 Å². The normalized spacial score (nSPS) is 10.6. The fourth-order valence-electron chi connectivity index (χ4n) is 1.66. The van der Waals surface area contributed by atoms with Gasteiger partial charge in [-0.15, -0.1) is 0 Å². The molecule has 0 saturated carbocycles. The van der Waals surface area contributed by atoms with Crippen molar-refractivity contribution in [3.63, 3.8) is 0 Å². The summed E-state index contributed by atoms with van der Waals surface area (Å²) in [7, 11) is 0. The molecule has 88 valence electrons. The van der Waals surface area contributed by atoms with E-state index >= 15 is 0 Å². The van der Waals surface area contributed by atoms with E-state index in [9.17, 15) is 13.6 Å². The van der Waals surface area contributed by atoms with Gasteiger partial charge in [-0.1, -0.05) is 19.1 Å². The minimum absolute atomic E-state index is 0.130. The summed E-state index contributed by atoms with van der Waals surface area (Å²) in [5.74, 6) is -0.0236. The molecule has 0 aliphatic heterocycles. The van der Waals surface area contributed by atoms with Crippen LogP contribution in [-0.2, 0) is 6.42 Å². The number of aryl methyl sites for hydroxylation is 1. The minimum atomic E-state index is -2.87. The van der Waals surface area contributed by atoms with E-state index in [0.717, 1.165) is 0 Å². The van der Waals surface area contributed by atoms with Gasteiger partial charge in [0.25, 0.3) is 0 Å². The number of alkyl halides is 2. The Bertz CT molecular complexity index is 400. The molecule has 1 aromatic rings. The van der Waals surface area contributed by atoms with E-state index in [1.807, 2.05) is 6.92 Å². The molecule has 16 heavy (non-hydrogen) atoms. The fourth-order valence-corrected chi connectivity index (χ4v) is 1.66. The van der Waals surface area contributed by atoms with Crippen molar-refractivity contribution in [2.24, 2.45) is 0 Å². The number of ketones is 1. The van der Waals surface area contributed by atoms with Gasteiger partial charge in [-0.3, -0.25) is 4.79 Å². The monoisotopic (exact) mass is 228 g/mol. The molecule has 0 spiro atoms. The zero-order valence-electron chi connectivity index (χ0n) is 9.51. The molecular formula is C12H14F2O2. The number of Topliss-reactive ketones (excluding diaryl/α,β-unsaturated/α-hetero) is 1. The van der Waals surface area contributed by atoms with Crippen LogP contribution in [-0.4, -0.2) is 12.4 Å². The Morgan fingerprint density at radius 2 is 2.06 bits per heavy atom. The maximum absolute atomic E-state index is 12.2. The zero-order valence-corrected chi connectivity index (χ0v) is 9.51. The van der Waals surface area contributed by atoms with Crippen LogP contribution in [0.15, 0.2) is 12.1 Å². The van der Waals surface area contributed by atoms with Gasteiger partial charge in [0.15, 0.2) is 5.78 Å². The highest BCUT2D eigenvalue weighted by Gasteiger charge is 2.16. The first-order valence-corrected chi connectivity index (χ1v) is 5.05. The molecule has 2 nitrogen and oxygen atoms in total. The molecule has 0 aliphatic rings. The number of halogens is 2. The average molecular weight is 228 g/mol. The molecule has 0 saturated heterocycles. The van der Waals surface area contributed by atoms with E-state index in [0.29, 0.717) is 23.1 Å². The number of ether oxygens (including phenoxy) is 1. The molecule has 0 radical (unpaired) electrons. The summed E-state index contributed by atoms with van der Waals surface area (Å²) in [6.07, 6.45) is 0.584. The van der Waals surface area contributed by atoms with E-state index in [2.05, 4.69) is 4.74 Å². The zero-order chi connectivity index (χ0) is 12.3. The van der Waals surface area contributed by atoms with Gasteiger partial charge in [0.05, 0.1) is 0 Å². The van der Waals surface area contributed by atoms with Gasteiger partial charge < -0.3 is 4.74 Å². The van der Waals surface area contributed by atoms with E-state index in [-0.39, 0.29) is 11.5 Å². The Balaban J connectivity index is 3.28. The Hall–Kier alpha value is -1.45. The van der Waals surface area contributed by atoms with Crippen molar-refractivity contribution in [3.8, 4) is 5.75 Å². The second-order valence-electron chi connectivity index (χ2n) is 3.51. The van der Waals surface area contributed by atoms with Crippen molar-refractivity contribution in [1.82, 2.24) is 0 Å². The van der Waals surface area contributed by atoms with Crippen LogP contribution in [0.1, 0.15) is 35.3 Å². The molecule has 0 bridgehead atoms. The van der Waals surface area contributed by atoms with Crippen LogP contribution in [0.2, 0.25) is 0 Å². The summed E-state index contributed by atoms with van der Waals surface area (Å²) >= 11 is 0. The summed E-state index contributed by atoms with van der Waals surface area (Å²) in [5.41, 5.74) is 1.59. The van der Waals surface area contributed by atoms with Gasteiger partial charge in [-0.25, -0.2) is 0 Å². The Morgan fingerprint density at radius 1 is 1.44 bits per heavy atom. The Kier molecular flexibility index (Phi) is 3.99. The molecule has 1 rings (SSSR count). The van der Waals surface area contributed by atoms with Crippen LogP contribution in [0.4, 0.5) is 8.78 Å². The van der Waals surface area contributed by atoms with Crippen LogP contribution >= 0.6 is 0 Å². The molecular weight excluding hydrogens is 214 g/mol. The standard InChI is InChI=1S/C12H14F2O2/c1-4-9-5-6-10(8(3)15)7(2)11(9)16-12(13)14/h5-6,12H,4H2,1-3H3. The molecule has 0 aliphatic carbocycles. The van der Waals surface area contributed by atoms with Gasteiger partial charge in [0, 0.05) is 11.1 Å². The molecule has 1 aromatic carbocycles.